The van der Waals surface area contributed by atoms with Crippen LogP contribution in [-0.2, 0) is 16.1 Å². The molecule has 2 aromatic carbocycles. The maximum atomic E-state index is 12.6. The summed E-state index contributed by atoms with van der Waals surface area (Å²) in [6, 6.07) is 13.0. The minimum Gasteiger partial charge on any atom is -0.454 e. The van der Waals surface area contributed by atoms with Crippen LogP contribution in [0.2, 0.25) is 0 Å². The molecule has 2 aromatic rings. The summed E-state index contributed by atoms with van der Waals surface area (Å²) in [7, 11) is 0. The smallest absolute Gasteiger partial charge is 0.325 e. The number of aliphatic hydroxyl groups is 1. The number of hydrogen-bond donors (Lipinski definition) is 3. The molecule has 4 rings (SSSR count). The Kier molecular flexibility index (Phi) is 6.03. The molecule has 9 nitrogen and oxygen atoms in total. The van der Waals surface area contributed by atoms with Gasteiger partial charge in [0.1, 0.15) is 6.04 Å². The zero-order valence-electron chi connectivity index (χ0n) is 16.7. The van der Waals surface area contributed by atoms with Crippen molar-refractivity contribution in [3.05, 3.63) is 59.7 Å². The average Bonchev–Trinajstić information content (AvgIpc) is 3.36. The number of ether oxygens (including phenoxy) is 2. The number of nitrogens with zero attached hydrogens (tertiary/aromatic N) is 1. The number of aliphatic hydroxyl groups excluding tert-OH is 1. The van der Waals surface area contributed by atoms with Crippen LogP contribution in [-0.4, -0.2) is 47.2 Å². The quantitative estimate of drug-likeness (QED) is 0.552. The molecule has 31 heavy (non-hydrogen) atoms. The van der Waals surface area contributed by atoms with E-state index in [9.17, 15) is 19.5 Å². The van der Waals surface area contributed by atoms with Crippen LogP contribution < -0.4 is 20.1 Å². The lowest BCUT2D eigenvalue weighted by molar-refractivity contribution is -0.128. The van der Waals surface area contributed by atoms with Crippen molar-refractivity contribution in [3.63, 3.8) is 0 Å². The average molecular weight is 425 g/mol. The lowest BCUT2D eigenvalue weighted by Gasteiger charge is -2.14. The van der Waals surface area contributed by atoms with Crippen molar-refractivity contribution >= 4 is 17.8 Å². The standard InChI is InChI=1S/C22H23N3O6/c26-17(15-4-2-1-3-5-15)11-23-20(27)9-7-16-21(28)25(22(29)24-16)12-14-6-8-18-19(10-14)31-13-30-18/h1-6,8,10,16-17,26H,7,9,11-13H2,(H,23,27)(H,24,29)/t16-,17+/m0/s1. The Morgan fingerprint density at radius 2 is 1.94 bits per heavy atom. The van der Waals surface area contributed by atoms with Gasteiger partial charge >= 0.3 is 6.03 Å². The Morgan fingerprint density at radius 3 is 2.74 bits per heavy atom. The highest BCUT2D eigenvalue weighted by Gasteiger charge is 2.38. The second-order valence-electron chi connectivity index (χ2n) is 7.38. The van der Waals surface area contributed by atoms with Gasteiger partial charge in [-0.15, -0.1) is 0 Å². The second-order valence-corrected chi connectivity index (χ2v) is 7.38. The number of fused-ring (bicyclic) bond motifs is 1. The molecule has 0 bridgehead atoms. The van der Waals surface area contributed by atoms with Gasteiger partial charge in [0.25, 0.3) is 5.91 Å². The van der Waals surface area contributed by atoms with Crippen LogP contribution in [0.15, 0.2) is 48.5 Å². The minimum absolute atomic E-state index is 0.0516. The molecule has 0 radical (unpaired) electrons. The Balaban J connectivity index is 1.25. The second kappa shape index (κ2) is 9.05. The molecule has 0 unspecified atom stereocenters. The maximum absolute atomic E-state index is 12.6. The summed E-state index contributed by atoms with van der Waals surface area (Å²) in [6.45, 7) is 0.325. The van der Waals surface area contributed by atoms with E-state index in [1.165, 1.54) is 0 Å². The molecular formula is C22H23N3O6. The third kappa shape index (κ3) is 4.77. The Bertz CT molecular complexity index is 980. The molecule has 162 valence electrons. The molecule has 4 amide bonds. The third-order valence-electron chi connectivity index (χ3n) is 5.22. The molecule has 1 fully saturated rings. The number of carbonyl (C=O) groups is 3. The molecule has 0 aliphatic carbocycles. The fraction of sp³-hybridized carbons (Fsp3) is 0.318. The Morgan fingerprint density at radius 1 is 1.16 bits per heavy atom. The highest BCUT2D eigenvalue weighted by atomic mass is 16.7. The van der Waals surface area contributed by atoms with E-state index in [4.69, 9.17) is 9.47 Å². The fourth-order valence-electron chi connectivity index (χ4n) is 3.51. The highest BCUT2D eigenvalue weighted by Crippen LogP contribution is 2.33. The molecule has 2 atom stereocenters. The largest absolute Gasteiger partial charge is 0.454 e. The van der Waals surface area contributed by atoms with Crippen molar-refractivity contribution in [1.82, 2.24) is 15.5 Å². The topological polar surface area (TPSA) is 117 Å². The van der Waals surface area contributed by atoms with Crippen LogP contribution in [0.1, 0.15) is 30.1 Å². The number of amides is 4. The summed E-state index contributed by atoms with van der Waals surface area (Å²) in [5, 5.41) is 15.4. The van der Waals surface area contributed by atoms with Crippen LogP contribution in [0.5, 0.6) is 11.5 Å². The van der Waals surface area contributed by atoms with E-state index in [-0.39, 0.29) is 44.5 Å². The predicted molar refractivity (Wildman–Crippen MR) is 109 cm³/mol. The number of hydrogen-bond acceptors (Lipinski definition) is 6. The summed E-state index contributed by atoms with van der Waals surface area (Å²) < 4.78 is 10.6. The van der Waals surface area contributed by atoms with Crippen LogP contribution >= 0.6 is 0 Å². The summed E-state index contributed by atoms with van der Waals surface area (Å²) in [4.78, 5) is 38.1. The number of nitrogens with one attached hydrogen (secondary N) is 2. The first kappa shape index (κ1) is 20.7. The molecule has 2 aliphatic rings. The number of rotatable bonds is 8. The van der Waals surface area contributed by atoms with Crippen molar-refractivity contribution in [1.29, 1.82) is 0 Å². The number of benzene rings is 2. The number of imide groups is 1. The zero-order chi connectivity index (χ0) is 21.8. The fourth-order valence-corrected chi connectivity index (χ4v) is 3.51. The molecule has 1 saturated heterocycles. The van der Waals surface area contributed by atoms with Gasteiger partial charge in [0.2, 0.25) is 12.7 Å². The van der Waals surface area contributed by atoms with Crippen molar-refractivity contribution in [2.24, 2.45) is 0 Å². The number of urea groups is 1. The van der Waals surface area contributed by atoms with Gasteiger partial charge in [0, 0.05) is 13.0 Å². The summed E-state index contributed by atoms with van der Waals surface area (Å²) in [6.07, 6.45) is -0.582. The predicted octanol–water partition coefficient (Wildman–Crippen LogP) is 1.47. The van der Waals surface area contributed by atoms with Crippen LogP contribution in [0.4, 0.5) is 4.79 Å². The van der Waals surface area contributed by atoms with Gasteiger partial charge < -0.3 is 25.2 Å². The first-order valence-electron chi connectivity index (χ1n) is 10.0. The van der Waals surface area contributed by atoms with Crippen molar-refractivity contribution in [2.75, 3.05) is 13.3 Å². The van der Waals surface area contributed by atoms with Gasteiger partial charge in [0.15, 0.2) is 11.5 Å². The van der Waals surface area contributed by atoms with E-state index < -0.39 is 18.2 Å². The molecular weight excluding hydrogens is 402 g/mol. The molecule has 3 N–H and O–H groups in total. The summed E-state index contributed by atoms with van der Waals surface area (Å²) in [5.74, 6) is 0.531. The van der Waals surface area contributed by atoms with Crippen LogP contribution in [0.25, 0.3) is 0 Å². The summed E-state index contributed by atoms with van der Waals surface area (Å²) >= 11 is 0. The Hall–Kier alpha value is -3.59. The first-order chi connectivity index (χ1) is 15.0. The van der Waals surface area contributed by atoms with E-state index in [1.54, 1.807) is 30.3 Å². The zero-order valence-corrected chi connectivity index (χ0v) is 16.7. The van der Waals surface area contributed by atoms with Gasteiger partial charge in [-0.2, -0.15) is 0 Å². The minimum atomic E-state index is -0.810. The van der Waals surface area contributed by atoms with Crippen molar-refractivity contribution in [2.45, 2.75) is 31.5 Å². The Labute approximate surface area is 178 Å². The van der Waals surface area contributed by atoms with Crippen LogP contribution in [0, 0.1) is 0 Å². The van der Waals surface area contributed by atoms with E-state index in [0.29, 0.717) is 17.1 Å². The first-order valence-corrected chi connectivity index (χ1v) is 10.0. The van der Waals surface area contributed by atoms with Gasteiger partial charge in [-0.3, -0.25) is 14.5 Å². The van der Waals surface area contributed by atoms with Gasteiger partial charge in [-0.25, -0.2) is 4.79 Å². The van der Waals surface area contributed by atoms with E-state index in [0.717, 1.165) is 10.5 Å². The number of carbonyl (C=O) groups excluding carboxylic acids is 3. The SMILES string of the molecule is O=C(CC[C@@H]1NC(=O)N(Cc2ccc3c(c2)OCO3)C1=O)NC[C@@H](O)c1ccccc1. The molecule has 2 heterocycles. The maximum Gasteiger partial charge on any atom is 0.325 e. The molecule has 0 aromatic heterocycles. The van der Waals surface area contributed by atoms with E-state index in [1.807, 2.05) is 18.2 Å². The van der Waals surface area contributed by atoms with Crippen molar-refractivity contribution < 1.29 is 29.0 Å². The molecule has 2 aliphatic heterocycles. The normalized spacial score (nSPS) is 18.1. The highest BCUT2D eigenvalue weighted by molar-refractivity contribution is 6.04. The van der Waals surface area contributed by atoms with Gasteiger partial charge in [-0.1, -0.05) is 36.4 Å². The van der Waals surface area contributed by atoms with Crippen LogP contribution in [0.3, 0.4) is 0 Å². The van der Waals surface area contributed by atoms with E-state index >= 15 is 0 Å². The monoisotopic (exact) mass is 425 g/mol. The molecule has 0 spiro atoms. The van der Waals surface area contributed by atoms with Gasteiger partial charge in [0.05, 0.1) is 12.6 Å². The van der Waals surface area contributed by atoms with Gasteiger partial charge in [-0.05, 0) is 29.7 Å². The van der Waals surface area contributed by atoms with E-state index in [2.05, 4.69) is 10.6 Å². The summed E-state index contributed by atoms with van der Waals surface area (Å²) in [5.41, 5.74) is 1.45. The molecule has 9 heteroatoms. The lowest BCUT2D eigenvalue weighted by Crippen LogP contribution is -2.33. The van der Waals surface area contributed by atoms with Crippen molar-refractivity contribution in [3.8, 4) is 11.5 Å². The lowest BCUT2D eigenvalue weighted by atomic mass is 10.1. The molecule has 0 saturated carbocycles. The third-order valence-corrected chi connectivity index (χ3v) is 5.22.